The van der Waals surface area contributed by atoms with Crippen molar-refractivity contribution in [2.24, 2.45) is 0 Å². The topological polar surface area (TPSA) is 43.6 Å². The van der Waals surface area contributed by atoms with E-state index in [1.807, 2.05) is 0 Å². The van der Waals surface area contributed by atoms with Crippen LogP contribution < -0.4 is 0 Å². The van der Waals surface area contributed by atoms with E-state index in [0.29, 0.717) is 5.82 Å². The fourth-order valence-electron chi connectivity index (χ4n) is 0.854. The highest BCUT2D eigenvalue weighted by atomic mass is 19.1. The van der Waals surface area contributed by atoms with Gasteiger partial charge in [0.15, 0.2) is 5.82 Å². The van der Waals surface area contributed by atoms with Crippen molar-refractivity contribution in [3.8, 4) is 5.82 Å². The van der Waals surface area contributed by atoms with Crippen molar-refractivity contribution in [1.82, 2.24) is 19.7 Å². The second-order valence-corrected chi connectivity index (χ2v) is 2.15. The van der Waals surface area contributed by atoms with Crippen LogP contribution in [0.4, 0.5) is 4.39 Å². The lowest BCUT2D eigenvalue weighted by molar-refractivity contribution is 0.575. The fourth-order valence-corrected chi connectivity index (χ4v) is 0.854. The maximum absolute atomic E-state index is 12.6. The molecule has 12 heavy (non-hydrogen) atoms. The van der Waals surface area contributed by atoms with E-state index < -0.39 is 5.95 Å². The zero-order valence-corrected chi connectivity index (χ0v) is 6.05. The molecule has 0 amide bonds. The molecule has 2 rings (SSSR count). The van der Waals surface area contributed by atoms with Gasteiger partial charge in [-0.2, -0.15) is 9.49 Å². The lowest BCUT2D eigenvalue weighted by atomic mass is 10.6. The van der Waals surface area contributed by atoms with Gasteiger partial charge in [-0.1, -0.05) is 0 Å². The minimum Gasteiger partial charge on any atom is -0.222 e. The SMILES string of the molecule is Fc1cc(-n2cccn2)ncn1. The van der Waals surface area contributed by atoms with Gasteiger partial charge in [0.25, 0.3) is 0 Å². The Morgan fingerprint density at radius 1 is 1.33 bits per heavy atom. The first-order valence-electron chi connectivity index (χ1n) is 3.34. The average Bonchev–Trinajstić information content (AvgIpc) is 2.56. The number of hydrogen-bond acceptors (Lipinski definition) is 3. The van der Waals surface area contributed by atoms with Gasteiger partial charge < -0.3 is 0 Å². The Hall–Kier alpha value is -1.78. The standard InChI is InChI=1S/C7H5FN4/c8-6-4-7(10-5-9-6)12-3-1-2-11-12/h1-5H. The van der Waals surface area contributed by atoms with Crippen LogP contribution in [0.25, 0.3) is 5.82 Å². The molecule has 4 nitrogen and oxygen atoms in total. The van der Waals surface area contributed by atoms with Crippen molar-refractivity contribution in [2.75, 3.05) is 0 Å². The minimum absolute atomic E-state index is 0.424. The summed E-state index contributed by atoms with van der Waals surface area (Å²) in [5, 5.41) is 3.89. The number of halogens is 1. The minimum atomic E-state index is -0.560. The highest BCUT2D eigenvalue weighted by molar-refractivity contribution is 5.17. The second-order valence-electron chi connectivity index (χ2n) is 2.15. The number of aromatic nitrogens is 4. The van der Waals surface area contributed by atoms with Gasteiger partial charge in [-0.15, -0.1) is 0 Å². The van der Waals surface area contributed by atoms with E-state index >= 15 is 0 Å². The number of hydrogen-bond donors (Lipinski definition) is 0. The van der Waals surface area contributed by atoms with Crippen LogP contribution in [0.2, 0.25) is 0 Å². The third kappa shape index (κ3) is 1.16. The molecule has 0 atom stereocenters. The van der Waals surface area contributed by atoms with Crippen molar-refractivity contribution in [1.29, 1.82) is 0 Å². The van der Waals surface area contributed by atoms with Gasteiger partial charge in [-0.05, 0) is 6.07 Å². The van der Waals surface area contributed by atoms with Crippen LogP contribution in [-0.2, 0) is 0 Å². The third-order valence-corrected chi connectivity index (χ3v) is 1.36. The maximum atomic E-state index is 12.6. The van der Waals surface area contributed by atoms with E-state index in [4.69, 9.17) is 0 Å². The predicted molar refractivity (Wildman–Crippen MR) is 39.1 cm³/mol. The third-order valence-electron chi connectivity index (χ3n) is 1.36. The average molecular weight is 164 g/mol. The van der Waals surface area contributed by atoms with Gasteiger partial charge in [-0.3, -0.25) is 0 Å². The Labute approximate surface area is 67.7 Å². The molecule has 0 aromatic carbocycles. The molecule has 0 aliphatic rings. The normalized spacial score (nSPS) is 10.1. The van der Waals surface area contributed by atoms with Crippen LogP contribution >= 0.6 is 0 Å². The van der Waals surface area contributed by atoms with Crippen molar-refractivity contribution >= 4 is 0 Å². The summed E-state index contributed by atoms with van der Waals surface area (Å²) >= 11 is 0. The van der Waals surface area contributed by atoms with E-state index in [2.05, 4.69) is 15.1 Å². The first-order valence-corrected chi connectivity index (χ1v) is 3.34. The highest BCUT2D eigenvalue weighted by Crippen LogP contribution is 2.01. The molecule has 0 aliphatic heterocycles. The second kappa shape index (κ2) is 2.69. The Bertz CT molecular complexity index is 371. The van der Waals surface area contributed by atoms with E-state index in [9.17, 15) is 4.39 Å². The van der Waals surface area contributed by atoms with Gasteiger partial charge in [0.2, 0.25) is 5.95 Å². The summed E-state index contributed by atoms with van der Waals surface area (Å²) in [5.41, 5.74) is 0. The lowest BCUT2D eigenvalue weighted by Crippen LogP contribution is -1.99. The van der Waals surface area contributed by atoms with Crippen LogP contribution in [0.1, 0.15) is 0 Å². The van der Waals surface area contributed by atoms with Gasteiger partial charge in [-0.25, -0.2) is 14.6 Å². The smallest absolute Gasteiger partial charge is 0.218 e. The number of nitrogens with zero attached hydrogens (tertiary/aromatic N) is 4. The zero-order chi connectivity index (χ0) is 8.39. The summed E-state index contributed by atoms with van der Waals surface area (Å²) in [7, 11) is 0. The lowest BCUT2D eigenvalue weighted by Gasteiger charge is -1.97. The molecule has 0 N–H and O–H groups in total. The fraction of sp³-hybridized carbons (Fsp3) is 0. The monoisotopic (exact) mass is 164 g/mol. The summed E-state index contributed by atoms with van der Waals surface area (Å²) in [6, 6.07) is 2.95. The van der Waals surface area contributed by atoms with E-state index in [1.54, 1.807) is 18.5 Å². The molecule has 0 bridgehead atoms. The summed E-state index contributed by atoms with van der Waals surface area (Å²) in [4.78, 5) is 7.16. The first kappa shape index (κ1) is 6.90. The quantitative estimate of drug-likeness (QED) is 0.585. The van der Waals surface area contributed by atoms with Gasteiger partial charge in [0, 0.05) is 18.5 Å². The van der Waals surface area contributed by atoms with E-state index in [0.717, 1.165) is 6.33 Å². The molecule has 0 radical (unpaired) electrons. The van der Waals surface area contributed by atoms with Crippen molar-refractivity contribution in [2.45, 2.75) is 0 Å². The van der Waals surface area contributed by atoms with Crippen LogP contribution in [0.3, 0.4) is 0 Å². The maximum Gasteiger partial charge on any atom is 0.218 e. The Kier molecular flexibility index (Phi) is 1.55. The molecule has 2 heterocycles. The van der Waals surface area contributed by atoms with Crippen LogP contribution in [0.5, 0.6) is 0 Å². The first-order chi connectivity index (χ1) is 5.86. The highest BCUT2D eigenvalue weighted by Gasteiger charge is 1.98. The van der Waals surface area contributed by atoms with E-state index in [1.165, 1.54) is 10.7 Å². The molecule has 0 fully saturated rings. The molecule has 0 spiro atoms. The molecular weight excluding hydrogens is 159 g/mol. The van der Waals surface area contributed by atoms with Crippen LogP contribution in [0.15, 0.2) is 30.9 Å². The molecule has 0 saturated heterocycles. The molecule has 2 aromatic heterocycles. The van der Waals surface area contributed by atoms with Gasteiger partial charge in [0.05, 0.1) is 0 Å². The van der Waals surface area contributed by atoms with Crippen LogP contribution in [-0.4, -0.2) is 19.7 Å². The Balaban J connectivity index is 2.48. The van der Waals surface area contributed by atoms with Gasteiger partial charge in [0.1, 0.15) is 6.33 Å². The summed E-state index contributed by atoms with van der Waals surface area (Å²) in [6.07, 6.45) is 4.44. The zero-order valence-electron chi connectivity index (χ0n) is 6.05. The van der Waals surface area contributed by atoms with Crippen molar-refractivity contribution in [3.05, 3.63) is 36.8 Å². The molecule has 2 aromatic rings. The molecule has 5 heteroatoms. The van der Waals surface area contributed by atoms with Gasteiger partial charge >= 0.3 is 0 Å². The van der Waals surface area contributed by atoms with Crippen molar-refractivity contribution < 1.29 is 4.39 Å². The molecule has 60 valence electrons. The largest absolute Gasteiger partial charge is 0.222 e. The molecular formula is C7H5FN4. The van der Waals surface area contributed by atoms with Crippen LogP contribution in [0, 0.1) is 5.95 Å². The van der Waals surface area contributed by atoms with Crippen molar-refractivity contribution in [3.63, 3.8) is 0 Å². The molecule has 0 aliphatic carbocycles. The predicted octanol–water partition coefficient (Wildman–Crippen LogP) is 0.801. The summed E-state index contributed by atoms with van der Waals surface area (Å²) in [5.74, 6) is -0.136. The molecule has 0 saturated carbocycles. The Morgan fingerprint density at radius 2 is 2.25 bits per heavy atom. The summed E-state index contributed by atoms with van der Waals surface area (Å²) < 4.78 is 14.0. The summed E-state index contributed by atoms with van der Waals surface area (Å²) in [6.45, 7) is 0. The van der Waals surface area contributed by atoms with E-state index in [-0.39, 0.29) is 0 Å². The number of rotatable bonds is 1. The molecule has 0 unspecified atom stereocenters. The Morgan fingerprint density at radius 3 is 2.92 bits per heavy atom.